The van der Waals surface area contributed by atoms with Crippen LogP contribution in [0.5, 0.6) is 0 Å². The van der Waals surface area contributed by atoms with Crippen molar-refractivity contribution in [3.8, 4) is 0 Å². The number of piperidine rings is 1. The van der Waals surface area contributed by atoms with Crippen LogP contribution in [0.25, 0.3) is 0 Å². The van der Waals surface area contributed by atoms with Crippen molar-refractivity contribution in [2.45, 2.75) is 64.1 Å². The average molecular weight is 277 g/mol. The van der Waals surface area contributed by atoms with E-state index < -0.39 is 0 Å². The van der Waals surface area contributed by atoms with E-state index in [1.165, 1.54) is 51.6 Å². The minimum atomic E-state index is 0.462. The highest BCUT2D eigenvalue weighted by Gasteiger charge is 2.36. The van der Waals surface area contributed by atoms with E-state index in [9.17, 15) is 0 Å². The molecular formula is C15H27N5. The van der Waals surface area contributed by atoms with E-state index in [0.29, 0.717) is 17.5 Å². The highest BCUT2D eigenvalue weighted by atomic mass is 15.3. The van der Waals surface area contributed by atoms with Gasteiger partial charge < -0.3 is 10.6 Å². The highest BCUT2D eigenvalue weighted by Crippen LogP contribution is 2.43. The summed E-state index contributed by atoms with van der Waals surface area (Å²) >= 11 is 0. The molecule has 0 amide bonds. The van der Waals surface area contributed by atoms with E-state index in [-0.39, 0.29) is 0 Å². The van der Waals surface area contributed by atoms with Crippen molar-refractivity contribution in [2.24, 2.45) is 5.41 Å². The van der Waals surface area contributed by atoms with Gasteiger partial charge in [-0.15, -0.1) is 0 Å². The summed E-state index contributed by atoms with van der Waals surface area (Å²) < 4.78 is 1.91. The molecule has 5 nitrogen and oxygen atoms in total. The summed E-state index contributed by atoms with van der Waals surface area (Å²) in [7, 11) is 0. The van der Waals surface area contributed by atoms with Gasteiger partial charge in [0.05, 0.1) is 6.54 Å². The maximum Gasteiger partial charge on any atom is 0.137 e. The van der Waals surface area contributed by atoms with Gasteiger partial charge in [-0.25, -0.2) is 4.98 Å². The molecule has 0 radical (unpaired) electrons. The number of hydrogen-bond donors (Lipinski definition) is 2. The van der Waals surface area contributed by atoms with Gasteiger partial charge in [0.2, 0.25) is 0 Å². The van der Waals surface area contributed by atoms with Crippen LogP contribution in [0.3, 0.4) is 0 Å². The Kier molecular flexibility index (Phi) is 4.36. The Bertz CT molecular complexity index is 386. The van der Waals surface area contributed by atoms with Crippen LogP contribution in [0.4, 0.5) is 0 Å². The Labute approximate surface area is 121 Å². The largest absolute Gasteiger partial charge is 0.317 e. The number of nitrogens with zero attached hydrogens (tertiary/aromatic N) is 3. The van der Waals surface area contributed by atoms with Gasteiger partial charge in [-0.3, -0.25) is 4.68 Å². The lowest BCUT2D eigenvalue weighted by molar-refractivity contribution is 0.112. The van der Waals surface area contributed by atoms with Crippen molar-refractivity contribution in [3.05, 3.63) is 12.7 Å². The lowest BCUT2D eigenvalue weighted by Crippen LogP contribution is -2.45. The molecule has 1 spiro atoms. The lowest BCUT2D eigenvalue weighted by atomic mass is 9.67. The van der Waals surface area contributed by atoms with E-state index in [4.69, 9.17) is 0 Å². The van der Waals surface area contributed by atoms with Crippen molar-refractivity contribution in [1.82, 2.24) is 25.4 Å². The SMILES string of the molecule is CC(Cn1cncn1)NC1CCC2(CCNCC2)CC1. The van der Waals surface area contributed by atoms with Gasteiger partial charge in [0.15, 0.2) is 0 Å². The first-order chi connectivity index (χ1) is 9.76. The molecule has 1 saturated carbocycles. The number of hydrogen-bond acceptors (Lipinski definition) is 4. The molecule has 20 heavy (non-hydrogen) atoms. The van der Waals surface area contributed by atoms with Gasteiger partial charge in [-0.05, 0) is 64.0 Å². The molecule has 1 unspecified atom stereocenters. The Hall–Kier alpha value is -0.940. The number of aromatic nitrogens is 3. The Morgan fingerprint density at radius 2 is 2.05 bits per heavy atom. The predicted molar refractivity (Wildman–Crippen MR) is 79.4 cm³/mol. The average Bonchev–Trinajstić information content (AvgIpc) is 2.95. The summed E-state index contributed by atoms with van der Waals surface area (Å²) in [4.78, 5) is 4.00. The first-order valence-corrected chi connectivity index (χ1v) is 8.05. The molecule has 2 N–H and O–H groups in total. The Morgan fingerprint density at radius 1 is 1.30 bits per heavy atom. The van der Waals surface area contributed by atoms with Gasteiger partial charge in [0, 0.05) is 12.1 Å². The molecule has 112 valence electrons. The zero-order valence-corrected chi connectivity index (χ0v) is 12.5. The molecule has 0 bridgehead atoms. The van der Waals surface area contributed by atoms with E-state index in [0.717, 1.165) is 6.54 Å². The molecule has 2 heterocycles. The van der Waals surface area contributed by atoms with Crippen LogP contribution in [-0.2, 0) is 6.54 Å². The molecule has 1 aromatic rings. The van der Waals surface area contributed by atoms with E-state index in [1.54, 1.807) is 12.7 Å². The topological polar surface area (TPSA) is 54.8 Å². The quantitative estimate of drug-likeness (QED) is 0.877. The van der Waals surface area contributed by atoms with Gasteiger partial charge in [0.1, 0.15) is 12.7 Å². The van der Waals surface area contributed by atoms with Crippen LogP contribution >= 0.6 is 0 Å². The summed E-state index contributed by atoms with van der Waals surface area (Å²) in [5.41, 5.74) is 0.665. The van der Waals surface area contributed by atoms with Crippen LogP contribution in [0.15, 0.2) is 12.7 Å². The van der Waals surface area contributed by atoms with Gasteiger partial charge in [-0.1, -0.05) is 0 Å². The third-order valence-corrected chi connectivity index (χ3v) is 5.16. The zero-order valence-electron chi connectivity index (χ0n) is 12.5. The fourth-order valence-electron chi connectivity index (χ4n) is 3.92. The van der Waals surface area contributed by atoms with E-state index in [1.807, 2.05) is 4.68 Å². The molecule has 3 rings (SSSR count). The fraction of sp³-hybridized carbons (Fsp3) is 0.867. The Morgan fingerprint density at radius 3 is 2.70 bits per heavy atom. The summed E-state index contributed by atoms with van der Waals surface area (Å²) in [5.74, 6) is 0. The summed E-state index contributed by atoms with van der Waals surface area (Å²) in [5, 5.41) is 11.4. The lowest BCUT2D eigenvalue weighted by Gasteiger charge is -2.43. The molecule has 1 aromatic heterocycles. The normalized spacial score (nSPS) is 24.9. The van der Waals surface area contributed by atoms with Crippen molar-refractivity contribution in [2.75, 3.05) is 13.1 Å². The molecule has 1 atom stereocenters. The third-order valence-electron chi connectivity index (χ3n) is 5.16. The highest BCUT2D eigenvalue weighted by molar-refractivity contribution is 4.91. The molecule has 0 aromatic carbocycles. The van der Waals surface area contributed by atoms with Crippen molar-refractivity contribution in [3.63, 3.8) is 0 Å². The fourth-order valence-corrected chi connectivity index (χ4v) is 3.92. The van der Waals surface area contributed by atoms with Crippen molar-refractivity contribution in [1.29, 1.82) is 0 Å². The molecular weight excluding hydrogens is 250 g/mol. The van der Waals surface area contributed by atoms with E-state index in [2.05, 4.69) is 27.6 Å². The summed E-state index contributed by atoms with van der Waals surface area (Å²) in [6, 6.07) is 1.15. The minimum absolute atomic E-state index is 0.462. The van der Waals surface area contributed by atoms with E-state index >= 15 is 0 Å². The van der Waals surface area contributed by atoms with Crippen molar-refractivity contribution >= 4 is 0 Å². The molecule has 5 heteroatoms. The first-order valence-electron chi connectivity index (χ1n) is 8.05. The van der Waals surface area contributed by atoms with Crippen LogP contribution < -0.4 is 10.6 Å². The molecule has 2 aliphatic rings. The Balaban J connectivity index is 1.44. The summed E-state index contributed by atoms with van der Waals surface area (Å²) in [6.07, 6.45) is 11.6. The van der Waals surface area contributed by atoms with Gasteiger partial charge in [-0.2, -0.15) is 5.10 Å². The molecule has 1 aliphatic heterocycles. The smallest absolute Gasteiger partial charge is 0.137 e. The summed E-state index contributed by atoms with van der Waals surface area (Å²) in [6.45, 7) is 5.60. The third kappa shape index (κ3) is 3.38. The van der Waals surface area contributed by atoms with Gasteiger partial charge in [0.25, 0.3) is 0 Å². The maximum atomic E-state index is 4.18. The molecule has 2 fully saturated rings. The minimum Gasteiger partial charge on any atom is -0.317 e. The van der Waals surface area contributed by atoms with Crippen LogP contribution in [0.1, 0.15) is 45.4 Å². The second kappa shape index (κ2) is 6.22. The monoisotopic (exact) mass is 277 g/mol. The van der Waals surface area contributed by atoms with Crippen LogP contribution in [-0.4, -0.2) is 39.9 Å². The standard InChI is InChI=1S/C15H27N5/c1-13(10-20-12-17-11-18-20)19-14-2-4-15(5-3-14)6-8-16-9-7-15/h11-14,16,19H,2-10H2,1H3. The van der Waals surface area contributed by atoms with Crippen molar-refractivity contribution < 1.29 is 0 Å². The predicted octanol–water partition coefficient (Wildman–Crippen LogP) is 1.57. The second-order valence-corrected chi connectivity index (χ2v) is 6.71. The van der Waals surface area contributed by atoms with Crippen LogP contribution in [0, 0.1) is 5.41 Å². The van der Waals surface area contributed by atoms with Gasteiger partial charge >= 0.3 is 0 Å². The zero-order chi connectivity index (χ0) is 13.8. The number of nitrogens with one attached hydrogen (secondary N) is 2. The number of rotatable bonds is 4. The maximum absolute atomic E-state index is 4.18. The first kappa shape index (κ1) is 14.0. The molecule has 1 aliphatic carbocycles. The van der Waals surface area contributed by atoms with Crippen LogP contribution in [0.2, 0.25) is 0 Å². The molecule has 1 saturated heterocycles. The second-order valence-electron chi connectivity index (χ2n) is 6.71.